The lowest BCUT2D eigenvalue weighted by Crippen LogP contribution is -1.91. The van der Waals surface area contributed by atoms with Gasteiger partial charge in [-0.3, -0.25) is 0 Å². The minimum absolute atomic E-state index is 0.842. The molecule has 10 aromatic carbocycles. The third-order valence-corrected chi connectivity index (χ3v) is 11.4. The zero-order valence-electron chi connectivity index (χ0n) is 29.1. The number of benzene rings is 10. The highest BCUT2D eigenvalue weighted by atomic mass is 16.3. The lowest BCUT2D eigenvalue weighted by atomic mass is 9.85. The molecule has 0 radical (unpaired) electrons. The molecule has 0 spiro atoms. The molecule has 2 heteroatoms. The molecular weight excluding hydrogens is 657 g/mol. The van der Waals surface area contributed by atoms with E-state index in [0.29, 0.717) is 0 Å². The Hall–Kier alpha value is -7.16. The maximum Gasteiger partial charge on any atom is 0.147 e. The van der Waals surface area contributed by atoms with E-state index >= 15 is 0 Å². The Morgan fingerprint density at radius 1 is 0.259 bits per heavy atom. The summed E-state index contributed by atoms with van der Waals surface area (Å²) in [5, 5.41) is 14.2. The van der Waals surface area contributed by atoms with Gasteiger partial charge in [0.15, 0.2) is 0 Å². The molecule has 0 aliphatic rings. The molecule has 0 saturated carbocycles. The van der Waals surface area contributed by atoms with Gasteiger partial charge in [0, 0.05) is 16.2 Å². The van der Waals surface area contributed by atoms with Gasteiger partial charge >= 0.3 is 0 Å². The molecule has 0 atom stereocenters. The Bertz CT molecular complexity index is 3430. The smallest absolute Gasteiger partial charge is 0.147 e. The fraction of sp³-hybridized carbons (Fsp3) is 0. The average Bonchev–Trinajstić information content (AvgIpc) is 3.81. The molecule has 2 nitrogen and oxygen atoms in total. The van der Waals surface area contributed by atoms with Crippen molar-refractivity contribution in [3.63, 3.8) is 0 Å². The Morgan fingerprint density at radius 2 is 0.778 bits per heavy atom. The van der Waals surface area contributed by atoms with Gasteiger partial charge in [-0.1, -0.05) is 146 Å². The number of fused-ring (bicyclic) bond motifs is 12. The van der Waals surface area contributed by atoms with Crippen LogP contribution in [0.25, 0.3) is 120 Å². The zero-order valence-corrected chi connectivity index (χ0v) is 29.1. The van der Waals surface area contributed by atoms with Gasteiger partial charge < -0.3 is 8.83 Å². The van der Waals surface area contributed by atoms with Gasteiger partial charge in [0.1, 0.15) is 22.3 Å². The normalized spacial score (nSPS) is 12.1. The standard InChI is InChI=1S/C52H30O2/c1-2-11-35-29-37(22-19-31(35)9-1)49-41-15-7-5-13-39(41)48(40-14-6-8-16-42(40)49)34-20-17-32(18-21-34)36-24-26-45-44(30-36)43-25-28-47-51(52(43)54-45)50-38-12-4-3-10-33(38)23-27-46(50)53-47/h1-30H. The summed E-state index contributed by atoms with van der Waals surface area (Å²) in [5.74, 6) is 0. The molecule has 0 fully saturated rings. The summed E-state index contributed by atoms with van der Waals surface area (Å²) in [6.45, 7) is 0. The molecule has 0 aliphatic heterocycles. The van der Waals surface area contributed by atoms with Crippen molar-refractivity contribution in [2.45, 2.75) is 0 Å². The van der Waals surface area contributed by atoms with E-state index in [4.69, 9.17) is 8.83 Å². The van der Waals surface area contributed by atoms with Gasteiger partial charge in [-0.15, -0.1) is 0 Å². The zero-order chi connectivity index (χ0) is 35.3. The summed E-state index contributed by atoms with van der Waals surface area (Å²) in [4.78, 5) is 0. The molecule has 2 aromatic heterocycles. The van der Waals surface area contributed by atoms with Crippen LogP contribution >= 0.6 is 0 Å². The summed E-state index contributed by atoms with van der Waals surface area (Å²) in [5.41, 5.74) is 10.8. The van der Waals surface area contributed by atoms with E-state index in [9.17, 15) is 0 Å². The molecule has 0 aliphatic carbocycles. The number of rotatable bonds is 3. The van der Waals surface area contributed by atoms with E-state index in [-0.39, 0.29) is 0 Å². The van der Waals surface area contributed by atoms with Crippen LogP contribution in [0, 0.1) is 0 Å². The van der Waals surface area contributed by atoms with Crippen molar-refractivity contribution in [2.75, 3.05) is 0 Å². The lowest BCUT2D eigenvalue weighted by molar-refractivity contribution is 0.663. The molecule has 2 heterocycles. The molecular formula is C52H30O2. The van der Waals surface area contributed by atoms with Crippen LogP contribution in [0.2, 0.25) is 0 Å². The summed E-state index contributed by atoms with van der Waals surface area (Å²) >= 11 is 0. The second-order valence-electron chi connectivity index (χ2n) is 14.4. The summed E-state index contributed by atoms with van der Waals surface area (Å²) in [6, 6.07) is 65.7. The Kier molecular flexibility index (Phi) is 6.09. The quantitative estimate of drug-likeness (QED) is 0.173. The fourth-order valence-corrected chi connectivity index (χ4v) is 8.96. The molecule has 0 amide bonds. The van der Waals surface area contributed by atoms with Crippen LogP contribution in [0.5, 0.6) is 0 Å². The highest BCUT2D eigenvalue weighted by Gasteiger charge is 2.20. The van der Waals surface area contributed by atoms with Gasteiger partial charge in [-0.05, 0) is 113 Å². The van der Waals surface area contributed by atoms with Crippen LogP contribution in [0.4, 0.5) is 0 Å². The summed E-state index contributed by atoms with van der Waals surface area (Å²) < 4.78 is 13.0. The van der Waals surface area contributed by atoms with Gasteiger partial charge in [0.25, 0.3) is 0 Å². The second kappa shape index (κ2) is 11.2. The van der Waals surface area contributed by atoms with Crippen LogP contribution in [-0.4, -0.2) is 0 Å². The van der Waals surface area contributed by atoms with Crippen LogP contribution in [0.15, 0.2) is 191 Å². The molecule has 0 unspecified atom stereocenters. The first-order chi connectivity index (χ1) is 26.8. The van der Waals surface area contributed by atoms with Gasteiger partial charge in [0.05, 0.1) is 5.39 Å². The number of hydrogen-bond acceptors (Lipinski definition) is 2. The van der Waals surface area contributed by atoms with Crippen LogP contribution < -0.4 is 0 Å². The first-order valence-corrected chi connectivity index (χ1v) is 18.5. The molecule has 0 saturated heterocycles. The van der Waals surface area contributed by atoms with E-state index in [1.54, 1.807) is 0 Å². The van der Waals surface area contributed by atoms with Crippen LogP contribution in [0.3, 0.4) is 0 Å². The van der Waals surface area contributed by atoms with Crippen LogP contribution in [0.1, 0.15) is 0 Å². The van der Waals surface area contributed by atoms with Crippen molar-refractivity contribution < 1.29 is 8.83 Å². The van der Waals surface area contributed by atoms with Gasteiger partial charge in [0.2, 0.25) is 0 Å². The Balaban J connectivity index is 1.00. The minimum atomic E-state index is 0.842. The second-order valence-corrected chi connectivity index (χ2v) is 14.4. The van der Waals surface area contributed by atoms with Crippen molar-refractivity contribution in [2.24, 2.45) is 0 Å². The Labute approximate surface area is 310 Å². The van der Waals surface area contributed by atoms with E-state index in [1.165, 1.54) is 65.3 Å². The predicted molar refractivity (Wildman–Crippen MR) is 227 cm³/mol. The average molecular weight is 687 g/mol. The summed E-state index contributed by atoms with van der Waals surface area (Å²) in [6.07, 6.45) is 0. The van der Waals surface area contributed by atoms with E-state index in [2.05, 4.69) is 182 Å². The monoisotopic (exact) mass is 686 g/mol. The maximum atomic E-state index is 6.63. The number of furan rings is 2. The highest BCUT2D eigenvalue weighted by Crippen LogP contribution is 2.45. The third-order valence-electron chi connectivity index (χ3n) is 11.4. The van der Waals surface area contributed by atoms with Gasteiger partial charge in [-0.25, -0.2) is 0 Å². The Morgan fingerprint density at radius 3 is 1.52 bits per heavy atom. The van der Waals surface area contributed by atoms with E-state index in [1.807, 2.05) is 0 Å². The van der Waals surface area contributed by atoms with Crippen molar-refractivity contribution in [3.8, 4) is 33.4 Å². The lowest BCUT2D eigenvalue weighted by Gasteiger charge is -2.18. The first kappa shape index (κ1) is 29.4. The van der Waals surface area contributed by atoms with Crippen molar-refractivity contribution in [1.29, 1.82) is 0 Å². The maximum absolute atomic E-state index is 6.63. The first-order valence-electron chi connectivity index (χ1n) is 18.5. The van der Waals surface area contributed by atoms with E-state index < -0.39 is 0 Å². The minimum Gasteiger partial charge on any atom is -0.456 e. The van der Waals surface area contributed by atoms with Crippen molar-refractivity contribution in [1.82, 2.24) is 0 Å². The van der Waals surface area contributed by atoms with E-state index in [0.717, 1.165) is 55.0 Å². The fourth-order valence-electron chi connectivity index (χ4n) is 8.96. The predicted octanol–water partition coefficient (Wildman–Crippen LogP) is 15.1. The van der Waals surface area contributed by atoms with Crippen molar-refractivity contribution in [3.05, 3.63) is 182 Å². The molecule has 12 rings (SSSR count). The van der Waals surface area contributed by atoms with Gasteiger partial charge in [-0.2, -0.15) is 0 Å². The SMILES string of the molecule is c1ccc2cc(-c3c4ccccc4c(-c4ccc(-c5ccc6oc7c(ccc8oc9ccc%10ccccc%10c9c87)c6c5)cc4)c4ccccc34)ccc2c1. The van der Waals surface area contributed by atoms with Crippen molar-refractivity contribution >= 4 is 87.0 Å². The third kappa shape index (κ3) is 4.22. The number of hydrogen-bond donors (Lipinski definition) is 0. The molecule has 0 bridgehead atoms. The topological polar surface area (TPSA) is 26.3 Å². The molecule has 0 N–H and O–H groups in total. The molecule has 54 heavy (non-hydrogen) atoms. The molecule has 250 valence electrons. The van der Waals surface area contributed by atoms with Crippen LogP contribution in [-0.2, 0) is 0 Å². The summed E-state index contributed by atoms with van der Waals surface area (Å²) in [7, 11) is 0. The highest BCUT2D eigenvalue weighted by molar-refractivity contribution is 6.28. The largest absolute Gasteiger partial charge is 0.456 e. The molecule has 12 aromatic rings.